The summed E-state index contributed by atoms with van der Waals surface area (Å²) in [6.07, 6.45) is 1.60. The van der Waals surface area contributed by atoms with Crippen LogP contribution in [0, 0.1) is 5.92 Å². The first-order valence-electron chi connectivity index (χ1n) is 6.76. The predicted octanol–water partition coefficient (Wildman–Crippen LogP) is 1.02. The van der Waals surface area contributed by atoms with Crippen LogP contribution in [-0.4, -0.2) is 32.8 Å². The van der Waals surface area contributed by atoms with Crippen LogP contribution in [0.2, 0.25) is 0 Å². The van der Waals surface area contributed by atoms with Gasteiger partial charge in [-0.2, -0.15) is 5.10 Å². The molecule has 2 atom stereocenters. The van der Waals surface area contributed by atoms with Crippen molar-refractivity contribution in [1.29, 1.82) is 0 Å². The van der Waals surface area contributed by atoms with Gasteiger partial charge in [-0.05, 0) is 26.3 Å². The van der Waals surface area contributed by atoms with Crippen LogP contribution in [0.4, 0.5) is 0 Å². The number of aromatic nitrogens is 4. The van der Waals surface area contributed by atoms with E-state index in [0.29, 0.717) is 17.0 Å². The topological polar surface area (TPSA) is 75.6 Å². The Morgan fingerprint density at radius 3 is 2.84 bits per heavy atom. The summed E-state index contributed by atoms with van der Waals surface area (Å²) < 4.78 is 1.81. The summed E-state index contributed by atoms with van der Waals surface area (Å²) in [7, 11) is 0. The number of hydrogen-bond acceptors (Lipinski definition) is 4. The quantitative estimate of drug-likeness (QED) is 0.846. The van der Waals surface area contributed by atoms with Gasteiger partial charge in [-0.25, -0.2) is 9.67 Å². The van der Waals surface area contributed by atoms with Gasteiger partial charge in [0.15, 0.2) is 5.65 Å². The van der Waals surface area contributed by atoms with Crippen molar-refractivity contribution in [2.75, 3.05) is 13.1 Å². The van der Waals surface area contributed by atoms with Gasteiger partial charge in [0.2, 0.25) is 0 Å². The maximum Gasteiger partial charge on any atom is 0.262 e. The molecule has 3 rings (SSSR count). The molecule has 1 saturated heterocycles. The molecular weight excluding hydrogens is 242 g/mol. The fourth-order valence-electron chi connectivity index (χ4n) is 2.68. The van der Waals surface area contributed by atoms with E-state index in [1.54, 1.807) is 10.9 Å². The second-order valence-corrected chi connectivity index (χ2v) is 5.61. The van der Waals surface area contributed by atoms with Gasteiger partial charge in [0.1, 0.15) is 11.2 Å². The molecule has 102 valence electrons. The van der Waals surface area contributed by atoms with E-state index in [4.69, 9.17) is 0 Å². The Labute approximate surface area is 111 Å². The van der Waals surface area contributed by atoms with E-state index in [2.05, 4.69) is 27.3 Å². The third-order valence-electron chi connectivity index (χ3n) is 3.84. The molecule has 0 bridgehead atoms. The maximum atomic E-state index is 12.1. The Bertz CT molecular complexity index is 657. The van der Waals surface area contributed by atoms with Gasteiger partial charge in [0, 0.05) is 18.5 Å². The highest BCUT2D eigenvalue weighted by molar-refractivity contribution is 5.73. The lowest BCUT2D eigenvalue weighted by Gasteiger charge is -2.14. The molecule has 0 spiro atoms. The Morgan fingerprint density at radius 1 is 1.42 bits per heavy atom. The first-order chi connectivity index (χ1) is 9.08. The molecule has 6 nitrogen and oxygen atoms in total. The smallest absolute Gasteiger partial charge is 0.262 e. The summed E-state index contributed by atoms with van der Waals surface area (Å²) in [4.78, 5) is 19.7. The summed E-state index contributed by atoms with van der Waals surface area (Å²) >= 11 is 0. The lowest BCUT2D eigenvalue weighted by molar-refractivity contribution is 0.531. The molecule has 0 unspecified atom stereocenters. The average molecular weight is 261 g/mol. The number of rotatable bonds is 2. The van der Waals surface area contributed by atoms with E-state index in [-0.39, 0.29) is 17.5 Å². The Morgan fingerprint density at radius 2 is 2.21 bits per heavy atom. The number of fused-ring (bicyclic) bond motifs is 1. The monoisotopic (exact) mass is 261 g/mol. The molecule has 0 radical (unpaired) electrons. The number of nitrogens with zero attached hydrogens (tertiary/aromatic N) is 3. The fraction of sp³-hybridized carbons (Fsp3) is 0.615. The summed E-state index contributed by atoms with van der Waals surface area (Å²) in [6.45, 7) is 8.08. The van der Waals surface area contributed by atoms with E-state index in [0.717, 1.165) is 18.9 Å². The molecule has 1 aliphatic rings. The van der Waals surface area contributed by atoms with Gasteiger partial charge in [0.25, 0.3) is 5.56 Å². The third kappa shape index (κ3) is 1.96. The number of hydrogen-bond donors (Lipinski definition) is 2. The zero-order valence-electron chi connectivity index (χ0n) is 11.5. The van der Waals surface area contributed by atoms with Gasteiger partial charge >= 0.3 is 0 Å². The van der Waals surface area contributed by atoms with Crippen molar-refractivity contribution >= 4 is 11.0 Å². The van der Waals surface area contributed by atoms with Crippen molar-refractivity contribution in [1.82, 2.24) is 25.1 Å². The van der Waals surface area contributed by atoms with Crippen LogP contribution >= 0.6 is 0 Å². The molecule has 0 saturated carbocycles. The second kappa shape index (κ2) is 4.45. The summed E-state index contributed by atoms with van der Waals surface area (Å²) in [5.41, 5.74) is 0.596. The van der Waals surface area contributed by atoms with E-state index >= 15 is 0 Å². The third-order valence-corrected chi connectivity index (χ3v) is 3.84. The highest BCUT2D eigenvalue weighted by atomic mass is 16.1. The molecule has 0 aromatic carbocycles. The van der Waals surface area contributed by atoms with Gasteiger partial charge in [-0.3, -0.25) is 4.79 Å². The lowest BCUT2D eigenvalue weighted by Crippen LogP contribution is -2.19. The molecule has 6 heteroatoms. The summed E-state index contributed by atoms with van der Waals surface area (Å²) in [6, 6.07) is 0.193. The predicted molar refractivity (Wildman–Crippen MR) is 73.3 cm³/mol. The molecule has 1 aliphatic heterocycles. The standard InChI is InChI=1S/C13H19N5O/c1-7(2)18-12-10(6-15-18)13(19)17-11(16-12)9-5-14-4-8(9)3/h6-9,14H,4-5H2,1-3H3,(H,16,17,19)/t8-,9-/m1/s1. The van der Waals surface area contributed by atoms with E-state index in [1.165, 1.54) is 0 Å². The molecular formula is C13H19N5O. The van der Waals surface area contributed by atoms with Gasteiger partial charge in [0.05, 0.1) is 6.20 Å². The highest BCUT2D eigenvalue weighted by Crippen LogP contribution is 2.25. The van der Waals surface area contributed by atoms with Crippen LogP contribution in [0.25, 0.3) is 11.0 Å². The van der Waals surface area contributed by atoms with Gasteiger partial charge in [-0.1, -0.05) is 6.92 Å². The number of aromatic amines is 1. The summed E-state index contributed by atoms with van der Waals surface area (Å²) in [5, 5.41) is 8.16. The van der Waals surface area contributed by atoms with Crippen molar-refractivity contribution in [2.45, 2.75) is 32.7 Å². The van der Waals surface area contributed by atoms with Crippen LogP contribution in [-0.2, 0) is 0 Å². The number of nitrogens with one attached hydrogen (secondary N) is 2. The second-order valence-electron chi connectivity index (χ2n) is 5.61. The zero-order valence-corrected chi connectivity index (χ0v) is 11.5. The molecule has 1 fully saturated rings. The average Bonchev–Trinajstić information content (AvgIpc) is 2.94. The lowest BCUT2D eigenvalue weighted by atomic mass is 9.97. The van der Waals surface area contributed by atoms with E-state index < -0.39 is 0 Å². The van der Waals surface area contributed by atoms with Crippen LogP contribution < -0.4 is 10.9 Å². The molecule has 0 amide bonds. The normalized spacial score (nSPS) is 23.6. The van der Waals surface area contributed by atoms with Crippen LogP contribution in [0.5, 0.6) is 0 Å². The molecule has 19 heavy (non-hydrogen) atoms. The minimum Gasteiger partial charge on any atom is -0.316 e. The fourth-order valence-corrected chi connectivity index (χ4v) is 2.68. The SMILES string of the molecule is CC(C)n1ncc2c(=O)[nH]c([C@@H]3CNC[C@H]3C)nc21. The van der Waals surface area contributed by atoms with Gasteiger partial charge < -0.3 is 10.3 Å². The molecule has 2 aromatic rings. The Kier molecular flexibility index (Phi) is 2.89. The molecule has 3 heterocycles. The van der Waals surface area contributed by atoms with Crippen molar-refractivity contribution in [3.8, 4) is 0 Å². The largest absolute Gasteiger partial charge is 0.316 e. The Hall–Kier alpha value is -1.69. The van der Waals surface area contributed by atoms with E-state index in [9.17, 15) is 4.79 Å². The van der Waals surface area contributed by atoms with Crippen LogP contribution in [0.1, 0.15) is 38.6 Å². The first kappa shape index (κ1) is 12.3. The minimum atomic E-state index is -0.0917. The summed E-state index contributed by atoms with van der Waals surface area (Å²) in [5.74, 6) is 1.53. The number of H-pyrrole nitrogens is 1. The molecule has 2 aromatic heterocycles. The molecule has 2 N–H and O–H groups in total. The van der Waals surface area contributed by atoms with Gasteiger partial charge in [-0.15, -0.1) is 0 Å². The minimum absolute atomic E-state index is 0.0917. The zero-order chi connectivity index (χ0) is 13.6. The van der Waals surface area contributed by atoms with Crippen molar-refractivity contribution in [3.05, 3.63) is 22.4 Å². The van der Waals surface area contributed by atoms with Crippen molar-refractivity contribution in [2.24, 2.45) is 5.92 Å². The first-order valence-corrected chi connectivity index (χ1v) is 6.76. The van der Waals surface area contributed by atoms with E-state index in [1.807, 2.05) is 13.8 Å². The van der Waals surface area contributed by atoms with Crippen LogP contribution in [0.3, 0.4) is 0 Å². The van der Waals surface area contributed by atoms with Crippen LogP contribution in [0.15, 0.2) is 11.0 Å². The maximum absolute atomic E-state index is 12.1. The molecule has 0 aliphatic carbocycles. The Balaban J connectivity index is 2.17. The van der Waals surface area contributed by atoms with Crippen molar-refractivity contribution < 1.29 is 0 Å². The van der Waals surface area contributed by atoms with Crippen molar-refractivity contribution in [3.63, 3.8) is 0 Å². The highest BCUT2D eigenvalue weighted by Gasteiger charge is 2.27.